The number of thiophene rings is 1. The maximum absolute atomic E-state index is 5.06. The Hall–Kier alpha value is -1.89. The van der Waals surface area contributed by atoms with Gasteiger partial charge in [-0.25, -0.2) is 0 Å². The Bertz CT molecular complexity index is 535. The highest BCUT2D eigenvalue weighted by atomic mass is 32.1. The van der Waals surface area contributed by atoms with Crippen molar-refractivity contribution in [2.45, 2.75) is 26.3 Å². The lowest BCUT2D eigenvalue weighted by molar-refractivity contribution is 0.372. The van der Waals surface area contributed by atoms with Crippen LogP contribution in [0.5, 0.6) is 0 Å². The summed E-state index contributed by atoms with van der Waals surface area (Å²) < 4.78 is 5.06. The molecule has 0 saturated heterocycles. The molecule has 0 fully saturated rings. The summed E-state index contributed by atoms with van der Waals surface area (Å²) in [6.45, 7) is 3.41. The van der Waals surface area contributed by atoms with E-state index in [1.165, 1.54) is 5.56 Å². The molecular formula is C13H19N5OS. The number of aromatic nitrogens is 2. The van der Waals surface area contributed by atoms with Gasteiger partial charge in [0, 0.05) is 26.6 Å². The van der Waals surface area contributed by atoms with Crippen molar-refractivity contribution in [3.05, 3.63) is 34.1 Å². The van der Waals surface area contributed by atoms with Crippen molar-refractivity contribution in [2.75, 3.05) is 13.6 Å². The van der Waals surface area contributed by atoms with Gasteiger partial charge in [-0.2, -0.15) is 16.3 Å². The molecule has 2 aromatic heterocycles. The molecule has 0 atom stereocenters. The Kier molecular flexibility index (Phi) is 5.55. The van der Waals surface area contributed by atoms with Crippen molar-refractivity contribution >= 4 is 17.3 Å². The molecule has 2 rings (SSSR count). The van der Waals surface area contributed by atoms with Crippen molar-refractivity contribution in [1.29, 1.82) is 0 Å². The Balaban J connectivity index is 1.64. The first-order chi connectivity index (χ1) is 9.78. The third-order valence-corrected chi connectivity index (χ3v) is 3.43. The predicted octanol–water partition coefficient (Wildman–Crippen LogP) is 1.74. The Morgan fingerprint density at radius 1 is 1.45 bits per heavy atom. The fourth-order valence-electron chi connectivity index (χ4n) is 1.69. The molecule has 0 aromatic carbocycles. The van der Waals surface area contributed by atoms with Crippen LogP contribution in [0.4, 0.5) is 0 Å². The lowest BCUT2D eigenvalue weighted by Gasteiger charge is -2.10. The number of aliphatic imine (C=N–C) groups is 1. The molecule has 2 aromatic rings. The van der Waals surface area contributed by atoms with Gasteiger partial charge >= 0.3 is 0 Å². The van der Waals surface area contributed by atoms with Gasteiger partial charge in [0.05, 0.1) is 0 Å². The molecule has 0 aliphatic rings. The highest BCUT2D eigenvalue weighted by Gasteiger charge is 2.03. The molecular weight excluding hydrogens is 274 g/mol. The third kappa shape index (κ3) is 4.65. The first kappa shape index (κ1) is 14.5. The van der Waals surface area contributed by atoms with Crippen molar-refractivity contribution in [1.82, 2.24) is 20.8 Å². The van der Waals surface area contributed by atoms with Gasteiger partial charge in [-0.05, 0) is 35.7 Å². The molecule has 0 aliphatic carbocycles. The second kappa shape index (κ2) is 7.64. The summed E-state index contributed by atoms with van der Waals surface area (Å²) >= 11 is 1.70. The van der Waals surface area contributed by atoms with Crippen molar-refractivity contribution in [2.24, 2.45) is 4.99 Å². The van der Waals surface area contributed by atoms with Crippen LogP contribution in [0.25, 0.3) is 0 Å². The number of nitrogens with zero attached hydrogens (tertiary/aromatic N) is 3. The normalized spacial score (nSPS) is 11.6. The van der Waals surface area contributed by atoms with Crippen LogP contribution in [0.1, 0.15) is 23.7 Å². The van der Waals surface area contributed by atoms with Crippen LogP contribution in [0.2, 0.25) is 0 Å². The summed E-state index contributed by atoms with van der Waals surface area (Å²) in [6.07, 6.45) is 1.69. The fourth-order valence-corrected chi connectivity index (χ4v) is 2.36. The number of guanidine groups is 1. The second-order valence-corrected chi connectivity index (χ2v) is 5.10. The van der Waals surface area contributed by atoms with E-state index in [-0.39, 0.29) is 0 Å². The highest BCUT2D eigenvalue weighted by Crippen LogP contribution is 2.04. The standard InChI is InChI=1S/C13H19N5OS/c1-10-17-12(19-18-10)4-3-6-15-13(14-2)16-8-11-5-7-20-9-11/h5,7,9H,3-4,6,8H2,1-2H3,(H2,14,15,16). The molecule has 0 unspecified atom stereocenters. The van der Waals surface area contributed by atoms with Gasteiger partial charge < -0.3 is 15.2 Å². The smallest absolute Gasteiger partial charge is 0.226 e. The Labute approximate surface area is 122 Å². The summed E-state index contributed by atoms with van der Waals surface area (Å²) in [4.78, 5) is 8.35. The molecule has 0 saturated carbocycles. The number of aryl methyl sites for hydroxylation is 2. The largest absolute Gasteiger partial charge is 0.356 e. The molecule has 0 amide bonds. The van der Waals surface area contributed by atoms with E-state index >= 15 is 0 Å². The molecule has 6 nitrogen and oxygen atoms in total. The lowest BCUT2D eigenvalue weighted by atomic mass is 10.3. The zero-order valence-electron chi connectivity index (χ0n) is 11.7. The summed E-state index contributed by atoms with van der Waals surface area (Å²) in [6, 6.07) is 2.10. The highest BCUT2D eigenvalue weighted by molar-refractivity contribution is 7.07. The van der Waals surface area contributed by atoms with E-state index in [9.17, 15) is 0 Å². The monoisotopic (exact) mass is 293 g/mol. The molecule has 108 valence electrons. The van der Waals surface area contributed by atoms with E-state index in [1.54, 1.807) is 18.4 Å². The van der Waals surface area contributed by atoms with Crippen LogP contribution >= 0.6 is 11.3 Å². The molecule has 0 bridgehead atoms. The summed E-state index contributed by atoms with van der Waals surface area (Å²) in [5.41, 5.74) is 1.26. The average Bonchev–Trinajstić information content (AvgIpc) is 3.09. The third-order valence-electron chi connectivity index (χ3n) is 2.69. The average molecular weight is 293 g/mol. The minimum Gasteiger partial charge on any atom is -0.356 e. The van der Waals surface area contributed by atoms with Gasteiger partial charge in [-0.15, -0.1) is 0 Å². The molecule has 0 spiro atoms. The number of nitrogens with one attached hydrogen (secondary N) is 2. The van der Waals surface area contributed by atoms with Crippen molar-refractivity contribution in [3.8, 4) is 0 Å². The zero-order chi connectivity index (χ0) is 14.2. The van der Waals surface area contributed by atoms with Crippen LogP contribution < -0.4 is 10.6 Å². The molecule has 2 heterocycles. The number of hydrogen-bond acceptors (Lipinski definition) is 5. The Morgan fingerprint density at radius 2 is 2.35 bits per heavy atom. The summed E-state index contributed by atoms with van der Waals surface area (Å²) in [5.74, 6) is 2.17. The minimum absolute atomic E-state index is 0.682. The van der Waals surface area contributed by atoms with E-state index in [4.69, 9.17) is 4.52 Å². The van der Waals surface area contributed by atoms with Gasteiger partial charge in [0.2, 0.25) is 5.89 Å². The molecule has 0 radical (unpaired) electrons. The van der Waals surface area contributed by atoms with Crippen LogP contribution in [0.3, 0.4) is 0 Å². The maximum Gasteiger partial charge on any atom is 0.226 e. The molecule has 7 heteroatoms. The van der Waals surface area contributed by atoms with Crippen LogP contribution in [0.15, 0.2) is 26.3 Å². The van der Waals surface area contributed by atoms with Gasteiger partial charge in [-0.1, -0.05) is 5.16 Å². The summed E-state index contributed by atoms with van der Waals surface area (Å²) in [7, 11) is 1.77. The van der Waals surface area contributed by atoms with Gasteiger partial charge in [0.25, 0.3) is 0 Å². The molecule has 0 aliphatic heterocycles. The van der Waals surface area contributed by atoms with Gasteiger partial charge in [0.15, 0.2) is 11.8 Å². The maximum atomic E-state index is 5.06. The van der Waals surface area contributed by atoms with E-state index in [0.29, 0.717) is 11.7 Å². The molecule has 20 heavy (non-hydrogen) atoms. The number of hydrogen-bond donors (Lipinski definition) is 2. The molecule has 2 N–H and O–H groups in total. The fraction of sp³-hybridized carbons (Fsp3) is 0.462. The second-order valence-electron chi connectivity index (χ2n) is 4.32. The minimum atomic E-state index is 0.682. The van der Waals surface area contributed by atoms with Crippen molar-refractivity contribution < 1.29 is 4.52 Å². The summed E-state index contributed by atoms with van der Waals surface area (Å²) in [5, 5.41) is 14.5. The quantitative estimate of drug-likeness (QED) is 0.482. The Morgan fingerprint density at radius 3 is 3.00 bits per heavy atom. The van der Waals surface area contributed by atoms with Crippen LogP contribution in [-0.4, -0.2) is 29.7 Å². The first-order valence-electron chi connectivity index (χ1n) is 6.52. The number of rotatable bonds is 6. The predicted molar refractivity (Wildman–Crippen MR) is 79.9 cm³/mol. The lowest BCUT2D eigenvalue weighted by Crippen LogP contribution is -2.37. The van der Waals surface area contributed by atoms with Gasteiger partial charge in [0.1, 0.15) is 0 Å². The van der Waals surface area contributed by atoms with Crippen LogP contribution in [0, 0.1) is 6.92 Å². The van der Waals surface area contributed by atoms with Crippen molar-refractivity contribution in [3.63, 3.8) is 0 Å². The van der Waals surface area contributed by atoms with Crippen LogP contribution in [-0.2, 0) is 13.0 Å². The SMILES string of the molecule is CN=C(NCCCc1nc(C)no1)NCc1ccsc1. The van der Waals surface area contributed by atoms with E-state index in [1.807, 2.05) is 6.92 Å². The zero-order valence-corrected chi connectivity index (χ0v) is 12.5. The van der Waals surface area contributed by atoms with E-state index in [0.717, 1.165) is 31.9 Å². The topological polar surface area (TPSA) is 75.3 Å². The first-order valence-corrected chi connectivity index (χ1v) is 7.47. The van der Waals surface area contributed by atoms with E-state index < -0.39 is 0 Å². The van der Waals surface area contributed by atoms with E-state index in [2.05, 4.69) is 42.6 Å². The van der Waals surface area contributed by atoms with Gasteiger partial charge in [-0.3, -0.25) is 4.99 Å².